The summed E-state index contributed by atoms with van der Waals surface area (Å²) < 4.78 is 14.2. The molecule has 0 aliphatic carbocycles. The van der Waals surface area contributed by atoms with Gasteiger partial charge in [-0.2, -0.15) is 0 Å². The lowest BCUT2D eigenvalue weighted by Gasteiger charge is -2.23. The van der Waals surface area contributed by atoms with Crippen LogP contribution in [0, 0.1) is 20.8 Å². The Labute approximate surface area is 198 Å². The zero-order valence-corrected chi connectivity index (χ0v) is 20.8. The van der Waals surface area contributed by atoms with E-state index in [-0.39, 0.29) is 6.04 Å². The van der Waals surface area contributed by atoms with Gasteiger partial charge >= 0.3 is 0 Å². The highest BCUT2D eigenvalue weighted by atomic mass is 31.0. The van der Waals surface area contributed by atoms with Crippen molar-refractivity contribution < 1.29 is 9.15 Å². The highest BCUT2D eigenvalue weighted by Gasteiger charge is 2.17. The fourth-order valence-corrected chi connectivity index (χ4v) is 4.42. The Morgan fingerprint density at radius 1 is 0.970 bits per heavy atom. The van der Waals surface area contributed by atoms with Gasteiger partial charge in [0.1, 0.15) is 11.5 Å². The summed E-state index contributed by atoms with van der Waals surface area (Å²) in [5, 5.41) is 1.22. The van der Waals surface area contributed by atoms with Crippen molar-refractivity contribution in [1.82, 2.24) is 9.55 Å². The molecule has 2 aromatic carbocycles. The molecule has 0 saturated heterocycles. The van der Waals surface area contributed by atoms with E-state index in [0.29, 0.717) is 18.9 Å². The summed E-state index contributed by atoms with van der Waals surface area (Å²) in [5.41, 5.74) is 5.75. The molecule has 0 saturated carbocycles. The van der Waals surface area contributed by atoms with Crippen LogP contribution in [-0.2, 0) is 12.8 Å². The third kappa shape index (κ3) is 5.46. The zero-order chi connectivity index (χ0) is 23.4. The van der Waals surface area contributed by atoms with E-state index in [1.807, 2.05) is 37.3 Å². The largest absolute Gasteiger partial charge is 0.493 e. The Bertz CT molecular complexity index is 1200. The summed E-state index contributed by atoms with van der Waals surface area (Å²) in [6.07, 6.45) is 1.63. The Morgan fingerprint density at radius 3 is 2.27 bits per heavy atom. The molecule has 0 bridgehead atoms. The van der Waals surface area contributed by atoms with Gasteiger partial charge in [0.15, 0.2) is 0 Å². The van der Waals surface area contributed by atoms with Crippen molar-refractivity contribution in [3.8, 4) is 17.2 Å². The number of oxazole rings is 1. The molecule has 1 atom stereocenters. The van der Waals surface area contributed by atoms with Crippen LogP contribution in [0.2, 0.25) is 0 Å². The van der Waals surface area contributed by atoms with Crippen molar-refractivity contribution in [3.05, 3.63) is 95.1 Å². The molecule has 0 N–H and O–H groups in total. The molecule has 4 rings (SSSR count). The van der Waals surface area contributed by atoms with Crippen LogP contribution in [0.3, 0.4) is 0 Å². The number of nitrogens with zero attached hydrogens (tertiary/aromatic N) is 2. The fourth-order valence-electron chi connectivity index (χ4n) is 4.18. The average molecular weight is 459 g/mol. The van der Waals surface area contributed by atoms with Crippen LogP contribution in [0.5, 0.6) is 5.75 Å². The maximum absolute atomic E-state index is 6.00. The first-order valence-corrected chi connectivity index (χ1v) is 11.9. The topological polar surface area (TPSA) is 40.2 Å². The van der Waals surface area contributed by atoms with Gasteiger partial charge < -0.3 is 13.7 Å². The van der Waals surface area contributed by atoms with Gasteiger partial charge in [0.2, 0.25) is 5.89 Å². The monoisotopic (exact) mass is 458 g/mol. The second-order valence-corrected chi connectivity index (χ2v) is 9.31. The summed E-state index contributed by atoms with van der Waals surface area (Å²) in [5.74, 6) is 2.37. The van der Waals surface area contributed by atoms with E-state index in [1.165, 1.54) is 22.2 Å². The van der Waals surface area contributed by atoms with Crippen molar-refractivity contribution in [1.29, 1.82) is 0 Å². The lowest BCUT2D eigenvalue weighted by molar-refractivity contribution is 0.320. The molecular formula is C28H31N2O2P. The third-order valence-electron chi connectivity index (χ3n) is 6.01. The van der Waals surface area contributed by atoms with E-state index in [4.69, 9.17) is 9.15 Å². The number of hydrogen-bond donors (Lipinski definition) is 0. The number of benzene rings is 2. The van der Waals surface area contributed by atoms with Gasteiger partial charge in [-0.3, -0.25) is 0 Å². The van der Waals surface area contributed by atoms with Crippen LogP contribution in [-0.4, -0.2) is 21.5 Å². The molecule has 0 radical (unpaired) electrons. The Morgan fingerprint density at radius 2 is 1.64 bits per heavy atom. The van der Waals surface area contributed by atoms with Crippen molar-refractivity contribution in [2.45, 2.75) is 46.6 Å². The van der Waals surface area contributed by atoms with E-state index >= 15 is 0 Å². The van der Waals surface area contributed by atoms with Crippen LogP contribution >= 0.6 is 8.86 Å². The molecule has 5 heteroatoms. The summed E-state index contributed by atoms with van der Waals surface area (Å²) in [6, 6.07) is 23.0. The molecule has 0 aliphatic heterocycles. The average Bonchev–Trinajstić information content (AvgIpc) is 3.35. The molecule has 0 aliphatic rings. The van der Waals surface area contributed by atoms with Gasteiger partial charge in [-0.15, -0.1) is 8.86 Å². The number of hydrogen-bond acceptors (Lipinski definition) is 3. The zero-order valence-electron chi connectivity index (χ0n) is 19.8. The van der Waals surface area contributed by atoms with Gasteiger partial charge in [0, 0.05) is 23.4 Å². The van der Waals surface area contributed by atoms with E-state index in [1.54, 1.807) is 0 Å². The van der Waals surface area contributed by atoms with Crippen LogP contribution in [0.25, 0.3) is 11.5 Å². The number of aromatic nitrogens is 2. The number of ether oxygens (including phenoxy) is 1. The molecule has 33 heavy (non-hydrogen) atoms. The molecule has 4 aromatic rings. The summed E-state index contributed by atoms with van der Waals surface area (Å²) >= 11 is 0. The van der Waals surface area contributed by atoms with Crippen molar-refractivity contribution >= 4 is 14.2 Å². The van der Waals surface area contributed by atoms with Crippen LogP contribution < -0.4 is 4.74 Å². The normalized spacial score (nSPS) is 12.0. The molecule has 2 heterocycles. The van der Waals surface area contributed by atoms with Gasteiger partial charge in [-0.05, 0) is 81.4 Å². The Hall–Kier alpha value is -3.10. The minimum Gasteiger partial charge on any atom is -0.493 e. The predicted octanol–water partition coefficient (Wildman–Crippen LogP) is 6.81. The summed E-state index contributed by atoms with van der Waals surface area (Å²) in [6.45, 7) is 8.96. The Balaban J connectivity index is 1.36. The van der Waals surface area contributed by atoms with E-state index in [0.717, 1.165) is 29.2 Å². The highest BCUT2D eigenvalue weighted by molar-refractivity contribution is 7.21. The van der Waals surface area contributed by atoms with Crippen LogP contribution in [0.1, 0.15) is 41.4 Å². The Kier molecular flexibility index (Phi) is 7.15. The number of aryl methyl sites for hydroxylation is 3. The second kappa shape index (κ2) is 10.2. The van der Waals surface area contributed by atoms with Crippen molar-refractivity contribution in [3.63, 3.8) is 0 Å². The minimum absolute atomic E-state index is 0.275. The SMILES string of the molecule is CC(=P)C(Cc1ccc(OCCc2nc(-c3ccccc3)oc2C)cc1)n1c(C)ccc1C. The molecule has 0 amide bonds. The van der Waals surface area contributed by atoms with E-state index in [2.05, 4.69) is 75.6 Å². The van der Waals surface area contributed by atoms with Gasteiger partial charge in [0.05, 0.1) is 18.3 Å². The standard InChI is InChI=1S/C28H31N2O2P/c1-19-10-11-20(2)30(19)27(22(4)33)18-23-12-14-25(15-13-23)31-17-16-26-21(3)32-28(29-26)24-8-6-5-7-9-24/h5-15,27,33H,16-18H2,1-4H3. The predicted molar refractivity (Wildman–Crippen MR) is 138 cm³/mol. The van der Waals surface area contributed by atoms with Gasteiger partial charge in [-0.1, -0.05) is 30.3 Å². The summed E-state index contributed by atoms with van der Waals surface area (Å²) in [4.78, 5) is 4.66. The van der Waals surface area contributed by atoms with Crippen molar-refractivity contribution in [2.75, 3.05) is 6.61 Å². The molecule has 0 spiro atoms. The molecule has 0 fully saturated rings. The maximum atomic E-state index is 6.00. The van der Waals surface area contributed by atoms with E-state index < -0.39 is 0 Å². The minimum atomic E-state index is 0.275. The van der Waals surface area contributed by atoms with Crippen LogP contribution in [0.15, 0.2) is 71.1 Å². The number of rotatable bonds is 9. The van der Waals surface area contributed by atoms with Crippen LogP contribution in [0.4, 0.5) is 0 Å². The lowest BCUT2D eigenvalue weighted by Crippen LogP contribution is -2.20. The van der Waals surface area contributed by atoms with E-state index in [9.17, 15) is 0 Å². The quantitative estimate of drug-likeness (QED) is 0.259. The second-order valence-electron chi connectivity index (χ2n) is 8.52. The first-order chi connectivity index (χ1) is 15.9. The molecular weight excluding hydrogens is 427 g/mol. The highest BCUT2D eigenvalue weighted by Crippen LogP contribution is 2.25. The first-order valence-electron chi connectivity index (χ1n) is 11.4. The third-order valence-corrected chi connectivity index (χ3v) is 6.34. The summed E-state index contributed by atoms with van der Waals surface area (Å²) in [7, 11) is 3.80. The molecule has 2 aromatic heterocycles. The van der Waals surface area contributed by atoms with Crippen molar-refractivity contribution in [2.24, 2.45) is 0 Å². The smallest absolute Gasteiger partial charge is 0.226 e. The lowest BCUT2D eigenvalue weighted by atomic mass is 10.0. The fraction of sp³-hybridized carbons (Fsp3) is 0.286. The first kappa shape index (κ1) is 23.1. The van der Waals surface area contributed by atoms with Gasteiger partial charge in [-0.25, -0.2) is 4.98 Å². The van der Waals surface area contributed by atoms with Gasteiger partial charge in [0.25, 0.3) is 0 Å². The molecule has 170 valence electrons. The molecule has 4 nitrogen and oxygen atoms in total. The molecule has 1 unspecified atom stereocenters. The maximum Gasteiger partial charge on any atom is 0.226 e.